The first-order valence-electron chi connectivity index (χ1n) is 13.1. The summed E-state index contributed by atoms with van der Waals surface area (Å²) in [7, 11) is 0. The zero-order valence-corrected chi connectivity index (χ0v) is 20.9. The number of hydrogen-bond donors (Lipinski definition) is 0. The summed E-state index contributed by atoms with van der Waals surface area (Å²) in [5, 5.41) is 7.24. The Labute approximate surface area is 222 Å². The van der Waals surface area contributed by atoms with Gasteiger partial charge in [0.25, 0.3) is 0 Å². The van der Waals surface area contributed by atoms with Crippen LogP contribution >= 0.6 is 0 Å². The molecule has 0 saturated carbocycles. The molecule has 9 rings (SSSR count). The number of rotatable bonds is 2. The van der Waals surface area contributed by atoms with Crippen molar-refractivity contribution in [2.75, 3.05) is 0 Å². The summed E-state index contributed by atoms with van der Waals surface area (Å²) in [5.74, 6) is 0. The van der Waals surface area contributed by atoms with Crippen LogP contribution in [0.15, 0.2) is 132 Å². The first-order chi connectivity index (χ1) is 19.3. The lowest BCUT2D eigenvalue weighted by atomic mass is 10.1. The Balaban J connectivity index is 1.48. The van der Waals surface area contributed by atoms with Gasteiger partial charge in [0.05, 0.1) is 22.1 Å². The topological polar surface area (TPSA) is 35.9 Å². The first kappa shape index (κ1) is 20.7. The molecule has 0 unspecified atom stereocenters. The Morgan fingerprint density at radius 1 is 0.462 bits per heavy atom. The molecule has 0 radical (unpaired) electrons. The van der Waals surface area contributed by atoms with Gasteiger partial charge in [-0.2, -0.15) is 4.98 Å². The summed E-state index contributed by atoms with van der Waals surface area (Å²) in [6, 6.07) is 45.5. The van der Waals surface area contributed by atoms with Crippen molar-refractivity contribution >= 4 is 65.5 Å². The molecular weight excluding hydrogens is 478 g/mol. The highest BCUT2D eigenvalue weighted by atomic mass is 16.4. The number of para-hydroxylation sites is 4. The summed E-state index contributed by atoms with van der Waals surface area (Å²) in [4.78, 5) is 4.88. The molecule has 0 spiro atoms. The highest BCUT2D eigenvalue weighted by molar-refractivity contribution is 6.20. The van der Waals surface area contributed by atoms with E-state index < -0.39 is 0 Å². The van der Waals surface area contributed by atoms with Crippen LogP contribution < -0.4 is 0 Å². The van der Waals surface area contributed by atoms with Gasteiger partial charge in [-0.15, -0.1) is 0 Å². The molecular formula is C35H21N3O. The molecule has 0 fully saturated rings. The van der Waals surface area contributed by atoms with Crippen LogP contribution in [0.1, 0.15) is 0 Å². The van der Waals surface area contributed by atoms with E-state index in [-0.39, 0.29) is 0 Å². The quantitative estimate of drug-likeness (QED) is 0.238. The van der Waals surface area contributed by atoms with Crippen LogP contribution in [0.25, 0.3) is 77.2 Å². The molecule has 182 valence electrons. The van der Waals surface area contributed by atoms with Crippen molar-refractivity contribution in [2.45, 2.75) is 0 Å². The second-order valence-electron chi connectivity index (χ2n) is 10.1. The molecule has 4 heteroatoms. The van der Waals surface area contributed by atoms with E-state index >= 15 is 0 Å². The molecule has 0 atom stereocenters. The maximum atomic E-state index is 6.31. The van der Waals surface area contributed by atoms with Crippen molar-refractivity contribution < 1.29 is 4.42 Å². The average Bonchev–Trinajstić information content (AvgIpc) is 3.64. The lowest BCUT2D eigenvalue weighted by Crippen LogP contribution is -1.94. The molecule has 0 aliphatic rings. The van der Waals surface area contributed by atoms with Gasteiger partial charge in [0.1, 0.15) is 5.52 Å². The van der Waals surface area contributed by atoms with E-state index in [1.807, 2.05) is 24.3 Å². The van der Waals surface area contributed by atoms with E-state index in [1.165, 1.54) is 43.4 Å². The van der Waals surface area contributed by atoms with Crippen LogP contribution in [0.5, 0.6) is 0 Å². The zero-order chi connectivity index (χ0) is 25.5. The Kier molecular flexibility index (Phi) is 4.02. The fourth-order valence-electron chi connectivity index (χ4n) is 6.18. The van der Waals surface area contributed by atoms with Crippen molar-refractivity contribution in [1.82, 2.24) is 14.1 Å². The van der Waals surface area contributed by atoms with Gasteiger partial charge in [-0.05, 0) is 65.4 Å². The Morgan fingerprint density at radius 2 is 1.08 bits per heavy atom. The summed E-state index contributed by atoms with van der Waals surface area (Å²) >= 11 is 0. The molecule has 3 aromatic heterocycles. The third-order valence-corrected chi connectivity index (χ3v) is 7.91. The van der Waals surface area contributed by atoms with Gasteiger partial charge in [0, 0.05) is 27.2 Å². The molecule has 0 amide bonds. The minimum absolute atomic E-state index is 0.582. The molecule has 0 saturated heterocycles. The molecule has 3 heterocycles. The monoisotopic (exact) mass is 499 g/mol. The number of nitrogens with zero attached hydrogens (tertiary/aromatic N) is 3. The third kappa shape index (κ3) is 2.85. The number of hydrogen-bond acceptors (Lipinski definition) is 2. The van der Waals surface area contributed by atoms with Gasteiger partial charge in [0.2, 0.25) is 0 Å². The van der Waals surface area contributed by atoms with E-state index in [0.29, 0.717) is 6.01 Å². The van der Waals surface area contributed by atoms with Crippen molar-refractivity contribution in [3.63, 3.8) is 0 Å². The van der Waals surface area contributed by atoms with E-state index in [9.17, 15) is 0 Å². The predicted molar refractivity (Wildman–Crippen MR) is 160 cm³/mol. The first-order valence-corrected chi connectivity index (χ1v) is 13.1. The number of aromatic nitrogens is 3. The minimum atomic E-state index is 0.582. The zero-order valence-electron chi connectivity index (χ0n) is 20.9. The van der Waals surface area contributed by atoms with Gasteiger partial charge in [0.15, 0.2) is 5.58 Å². The molecule has 9 aromatic rings. The molecule has 0 N–H and O–H groups in total. The number of fused-ring (bicyclic) bond motifs is 8. The van der Waals surface area contributed by atoms with Crippen molar-refractivity contribution in [3.8, 4) is 11.7 Å². The lowest BCUT2D eigenvalue weighted by molar-refractivity contribution is 0.574. The average molecular weight is 500 g/mol. The van der Waals surface area contributed by atoms with Crippen LogP contribution in [-0.4, -0.2) is 14.1 Å². The van der Waals surface area contributed by atoms with Crippen LogP contribution in [0.2, 0.25) is 0 Å². The van der Waals surface area contributed by atoms with E-state index in [4.69, 9.17) is 9.40 Å². The second kappa shape index (κ2) is 7.59. The van der Waals surface area contributed by atoms with Crippen LogP contribution in [0.3, 0.4) is 0 Å². The highest BCUT2D eigenvalue weighted by Gasteiger charge is 2.20. The Hall–Kier alpha value is -5.35. The number of benzene rings is 6. The van der Waals surface area contributed by atoms with Crippen LogP contribution in [0, 0.1) is 0 Å². The molecule has 4 nitrogen and oxygen atoms in total. The lowest BCUT2D eigenvalue weighted by Gasteiger charge is -2.08. The fraction of sp³-hybridized carbons (Fsp3) is 0. The van der Waals surface area contributed by atoms with Gasteiger partial charge in [-0.3, -0.25) is 4.57 Å². The maximum Gasteiger partial charge on any atom is 0.307 e. The predicted octanol–water partition coefficient (Wildman–Crippen LogP) is 9.18. The van der Waals surface area contributed by atoms with E-state index in [1.54, 1.807) is 0 Å². The molecule has 6 aromatic carbocycles. The second-order valence-corrected chi connectivity index (χ2v) is 10.1. The van der Waals surface area contributed by atoms with Gasteiger partial charge < -0.3 is 8.98 Å². The Morgan fingerprint density at radius 3 is 1.92 bits per heavy atom. The van der Waals surface area contributed by atoms with E-state index in [2.05, 4.69) is 112 Å². The summed E-state index contributed by atoms with van der Waals surface area (Å²) in [6.45, 7) is 0. The summed E-state index contributed by atoms with van der Waals surface area (Å²) in [5.41, 5.74) is 7.32. The standard InChI is InChI=1S/C35H21N3O/c1-2-12-24(13-3-1)37-31-19-23-11-5-4-10-22(23)18-26(31)28-21-33-27(20-32(28)37)25-14-6-8-16-30(25)38(33)35-36-29-15-7-9-17-34(29)39-35/h1-21H. The third-order valence-electron chi connectivity index (χ3n) is 7.91. The summed E-state index contributed by atoms with van der Waals surface area (Å²) < 4.78 is 10.9. The smallest absolute Gasteiger partial charge is 0.307 e. The Bertz CT molecular complexity index is 2360. The van der Waals surface area contributed by atoms with Gasteiger partial charge in [-0.25, -0.2) is 0 Å². The van der Waals surface area contributed by atoms with Crippen molar-refractivity contribution in [3.05, 3.63) is 127 Å². The largest absolute Gasteiger partial charge is 0.423 e. The molecule has 0 aliphatic heterocycles. The minimum Gasteiger partial charge on any atom is -0.423 e. The maximum absolute atomic E-state index is 6.31. The normalized spacial score (nSPS) is 12.1. The molecule has 0 aliphatic carbocycles. The van der Waals surface area contributed by atoms with Gasteiger partial charge in [-0.1, -0.05) is 72.8 Å². The van der Waals surface area contributed by atoms with Crippen LogP contribution in [-0.2, 0) is 0 Å². The van der Waals surface area contributed by atoms with Crippen molar-refractivity contribution in [2.24, 2.45) is 0 Å². The fourth-order valence-corrected chi connectivity index (χ4v) is 6.18. The van der Waals surface area contributed by atoms with Crippen LogP contribution in [0.4, 0.5) is 0 Å². The number of oxazole rings is 1. The molecule has 0 bridgehead atoms. The van der Waals surface area contributed by atoms with Gasteiger partial charge >= 0.3 is 6.01 Å². The molecule has 39 heavy (non-hydrogen) atoms. The SMILES string of the molecule is c1ccc(-n2c3cc4ccccc4cc3c3cc4c(cc32)c2ccccc2n4-c2nc3ccccc3o2)cc1. The summed E-state index contributed by atoms with van der Waals surface area (Å²) in [6.07, 6.45) is 0. The highest BCUT2D eigenvalue weighted by Crippen LogP contribution is 2.40. The van der Waals surface area contributed by atoms with Crippen molar-refractivity contribution in [1.29, 1.82) is 0 Å². The van der Waals surface area contributed by atoms with E-state index in [0.717, 1.165) is 27.8 Å².